The second-order valence-electron chi connectivity index (χ2n) is 8.00. The Hall–Kier alpha value is -1.18. The van der Waals surface area contributed by atoms with Crippen LogP contribution in [-0.2, 0) is 14.3 Å². The van der Waals surface area contributed by atoms with Crippen LogP contribution >= 0.6 is 0 Å². The highest BCUT2D eigenvalue weighted by Gasteiger charge is 2.01. The van der Waals surface area contributed by atoms with Crippen molar-refractivity contribution in [3.8, 4) is 0 Å². The van der Waals surface area contributed by atoms with Gasteiger partial charge in [0.05, 0.1) is 25.4 Å². The zero-order valence-corrected chi connectivity index (χ0v) is 20.5. The predicted molar refractivity (Wildman–Crippen MR) is 125 cm³/mol. The van der Waals surface area contributed by atoms with Crippen LogP contribution < -0.4 is 0 Å². The lowest BCUT2D eigenvalue weighted by Crippen LogP contribution is -2.19. The summed E-state index contributed by atoms with van der Waals surface area (Å²) < 4.78 is 4.95. The smallest absolute Gasteiger partial charge is 0.303 e. The Balaban J connectivity index is -0.000000382. The summed E-state index contributed by atoms with van der Waals surface area (Å²) in [5.74, 6) is -1.33. The normalized spacial score (nSPS) is 12.1. The molecule has 4 N–H and O–H groups in total. The second-order valence-corrected chi connectivity index (χ2v) is 8.00. The molecular weight excluding hydrogens is 400 g/mol. The number of unbranched alkanes of at least 4 members (excludes halogenated alkanes) is 10. The third kappa shape index (κ3) is 43.5. The molecule has 0 aromatic rings. The van der Waals surface area contributed by atoms with Crippen molar-refractivity contribution in [2.75, 3.05) is 13.2 Å². The molecule has 7 nitrogen and oxygen atoms in total. The number of carboxylic acid groups (broad SMARTS) is 2. The van der Waals surface area contributed by atoms with Gasteiger partial charge in [-0.2, -0.15) is 0 Å². The molecule has 2 atom stereocenters. The van der Waals surface area contributed by atoms with Gasteiger partial charge in [-0.25, -0.2) is 0 Å². The van der Waals surface area contributed by atoms with Gasteiger partial charge in [-0.3, -0.25) is 9.59 Å². The fourth-order valence-corrected chi connectivity index (χ4v) is 2.47. The molecule has 0 heterocycles. The maximum atomic E-state index is 10.1. The SMILES string of the molecule is CC(O)COC(C)CO.CCCCCCCCC(=O)O.CCCCCCCCC(=O)O. The molecule has 0 aliphatic rings. The fourth-order valence-electron chi connectivity index (χ4n) is 2.47. The number of hydrogen-bond acceptors (Lipinski definition) is 5. The van der Waals surface area contributed by atoms with E-state index in [-0.39, 0.29) is 12.7 Å². The minimum Gasteiger partial charge on any atom is -0.481 e. The van der Waals surface area contributed by atoms with Gasteiger partial charge in [0.25, 0.3) is 0 Å². The Morgan fingerprint density at radius 1 is 0.710 bits per heavy atom. The quantitative estimate of drug-likeness (QED) is 0.206. The molecule has 31 heavy (non-hydrogen) atoms. The van der Waals surface area contributed by atoms with Crippen molar-refractivity contribution in [3.63, 3.8) is 0 Å². The fraction of sp³-hybridized carbons (Fsp3) is 0.917. The van der Waals surface area contributed by atoms with Gasteiger partial charge in [-0.05, 0) is 26.7 Å². The Bertz CT molecular complexity index is 347. The van der Waals surface area contributed by atoms with Gasteiger partial charge in [0.2, 0.25) is 0 Å². The summed E-state index contributed by atoms with van der Waals surface area (Å²) in [7, 11) is 0. The highest BCUT2D eigenvalue weighted by Crippen LogP contribution is 2.07. The molecular formula is C24H50O7. The molecule has 0 aliphatic heterocycles. The van der Waals surface area contributed by atoms with Crippen LogP contribution in [0.1, 0.15) is 118 Å². The number of ether oxygens (including phenoxy) is 1. The van der Waals surface area contributed by atoms with Gasteiger partial charge in [0.1, 0.15) is 0 Å². The Morgan fingerprint density at radius 3 is 1.35 bits per heavy atom. The van der Waals surface area contributed by atoms with Crippen molar-refractivity contribution in [1.82, 2.24) is 0 Å². The van der Waals surface area contributed by atoms with E-state index in [0.29, 0.717) is 19.4 Å². The van der Waals surface area contributed by atoms with Gasteiger partial charge >= 0.3 is 11.9 Å². The molecule has 0 saturated carbocycles. The standard InChI is InChI=1S/2C9H18O2.C6H14O3/c2*1-2-3-4-5-6-7-8-9(10)11;1-5(8)4-9-6(2)3-7/h2*2-8H2,1H3,(H,10,11);5-8H,3-4H2,1-2H3. The third-order valence-corrected chi connectivity index (χ3v) is 4.37. The maximum absolute atomic E-state index is 10.1. The van der Waals surface area contributed by atoms with Crippen molar-refractivity contribution < 1.29 is 34.8 Å². The molecule has 0 fully saturated rings. The minimum absolute atomic E-state index is 0.00667. The number of aliphatic carboxylic acids is 2. The molecule has 7 heteroatoms. The Labute approximate surface area is 190 Å². The average Bonchev–Trinajstić information content (AvgIpc) is 2.72. The van der Waals surface area contributed by atoms with Gasteiger partial charge < -0.3 is 25.2 Å². The van der Waals surface area contributed by atoms with Crippen LogP contribution in [0.3, 0.4) is 0 Å². The zero-order chi connectivity index (χ0) is 24.3. The summed E-state index contributed by atoms with van der Waals surface area (Å²) in [6.07, 6.45) is 13.9. The number of aliphatic hydroxyl groups is 2. The predicted octanol–water partition coefficient (Wildman–Crippen LogP) is 5.41. The molecule has 0 rings (SSSR count). The molecule has 0 spiro atoms. The topological polar surface area (TPSA) is 124 Å². The molecule has 2 unspecified atom stereocenters. The van der Waals surface area contributed by atoms with E-state index >= 15 is 0 Å². The lowest BCUT2D eigenvalue weighted by atomic mass is 10.1. The molecule has 188 valence electrons. The van der Waals surface area contributed by atoms with Crippen LogP contribution in [0.15, 0.2) is 0 Å². The summed E-state index contributed by atoms with van der Waals surface area (Å²) in [4.78, 5) is 20.2. The molecule has 0 saturated heterocycles. The van der Waals surface area contributed by atoms with Gasteiger partial charge in [0, 0.05) is 12.8 Å². The molecule has 0 aliphatic carbocycles. The summed E-state index contributed by atoms with van der Waals surface area (Å²) in [6, 6.07) is 0. The number of carboxylic acids is 2. The van der Waals surface area contributed by atoms with Crippen molar-refractivity contribution in [2.24, 2.45) is 0 Å². The van der Waals surface area contributed by atoms with Gasteiger partial charge in [-0.1, -0.05) is 78.1 Å². The first-order valence-electron chi connectivity index (χ1n) is 12.0. The molecule has 0 radical (unpaired) electrons. The van der Waals surface area contributed by atoms with E-state index in [2.05, 4.69) is 13.8 Å². The van der Waals surface area contributed by atoms with E-state index in [1.807, 2.05) is 0 Å². The molecule has 0 amide bonds. The zero-order valence-electron chi connectivity index (χ0n) is 20.5. The largest absolute Gasteiger partial charge is 0.481 e. The number of hydrogen-bond donors (Lipinski definition) is 4. The minimum atomic E-state index is -0.666. The third-order valence-electron chi connectivity index (χ3n) is 4.37. The van der Waals surface area contributed by atoms with Crippen molar-refractivity contribution in [2.45, 2.75) is 130 Å². The molecule has 0 bridgehead atoms. The summed E-state index contributed by atoms with van der Waals surface area (Å²) in [5.41, 5.74) is 0. The Morgan fingerprint density at radius 2 is 1.06 bits per heavy atom. The summed E-state index contributed by atoms with van der Waals surface area (Å²) >= 11 is 0. The lowest BCUT2D eigenvalue weighted by Gasteiger charge is -2.10. The number of aliphatic hydroxyl groups excluding tert-OH is 2. The van der Waals surface area contributed by atoms with Crippen LogP contribution in [0.4, 0.5) is 0 Å². The van der Waals surface area contributed by atoms with Crippen molar-refractivity contribution in [1.29, 1.82) is 0 Å². The van der Waals surface area contributed by atoms with Gasteiger partial charge in [0.15, 0.2) is 0 Å². The van der Waals surface area contributed by atoms with Crippen LogP contribution in [0.5, 0.6) is 0 Å². The Kier molecular flexibility index (Phi) is 32.0. The first-order chi connectivity index (χ1) is 14.7. The molecule has 0 aromatic carbocycles. The van der Waals surface area contributed by atoms with E-state index in [1.54, 1.807) is 13.8 Å². The van der Waals surface area contributed by atoms with Gasteiger partial charge in [-0.15, -0.1) is 0 Å². The van der Waals surface area contributed by atoms with E-state index in [1.165, 1.54) is 51.4 Å². The lowest BCUT2D eigenvalue weighted by molar-refractivity contribution is -0.138. The number of rotatable bonds is 18. The van der Waals surface area contributed by atoms with Crippen LogP contribution in [0, 0.1) is 0 Å². The van der Waals surface area contributed by atoms with E-state index in [9.17, 15) is 9.59 Å². The first kappa shape index (κ1) is 34.4. The summed E-state index contributed by atoms with van der Waals surface area (Å²) in [5, 5.41) is 33.8. The van der Waals surface area contributed by atoms with Crippen LogP contribution in [-0.4, -0.2) is 57.8 Å². The maximum Gasteiger partial charge on any atom is 0.303 e. The van der Waals surface area contributed by atoms with E-state index in [4.69, 9.17) is 25.2 Å². The van der Waals surface area contributed by atoms with Crippen LogP contribution in [0.2, 0.25) is 0 Å². The van der Waals surface area contributed by atoms with Crippen LogP contribution in [0.25, 0.3) is 0 Å². The van der Waals surface area contributed by atoms with E-state index < -0.39 is 18.0 Å². The first-order valence-corrected chi connectivity index (χ1v) is 12.0. The highest BCUT2D eigenvalue weighted by molar-refractivity contribution is 5.66. The van der Waals surface area contributed by atoms with E-state index in [0.717, 1.165) is 25.7 Å². The second kappa shape index (κ2) is 28.8. The molecule has 0 aromatic heterocycles. The van der Waals surface area contributed by atoms with Crippen molar-refractivity contribution >= 4 is 11.9 Å². The van der Waals surface area contributed by atoms with Crippen molar-refractivity contribution in [3.05, 3.63) is 0 Å². The summed E-state index contributed by atoms with van der Waals surface area (Å²) in [6.45, 7) is 8.05. The highest BCUT2D eigenvalue weighted by atomic mass is 16.5. The monoisotopic (exact) mass is 450 g/mol. The average molecular weight is 451 g/mol. The number of carbonyl (C=O) groups is 2.